The molecule has 0 bridgehead atoms. The molecule has 16 heavy (non-hydrogen) atoms. The first-order chi connectivity index (χ1) is 7.66. The Labute approximate surface area is 93.5 Å². The number of Topliss-reactive ketones (excluding diaryl/α,β-unsaturated/α-hetero) is 1. The minimum Gasteiger partial charge on any atom is -0.299 e. The Bertz CT molecular complexity index is 381. The van der Waals surface area contributed by atoms with Gasteiger partial charge in [0.1, 0.15) is 17.4 Å². The molecule has 0 radical (unpaired) electrons. The smallest absolute Gasteiger partial charge is 0.140 e. The van der Waals surface area contributed by atoms with Gasteiger partial charge < -0.3 is 0 Å². The first-order valence-electron chi connectivity index (χ1n) is 5.65. The zero-order chi connectivity index (χ0) is 11.5. The Morgan fingerprint density at radius 2 is 1.69 bits per heavy atom. The lowest BCUT2D eigenvalue weighted by atomic mass is 9.90. The van der Waals surface area contributed by atoms with Crippen molar-refractivity contribution in [2.45, 2.75) is 38.0 Å². The first kappa shape index (κ1) is 11.2. The Kier molecular flexibility index (Phi) is 3.32. The van der Waals surface area contributed by atoms with E-state index < -0.39 is 11.6 Å². The zero-order valence-electron chi connectivity index (χ0n) is 9.01. The molecule has 1 saturated carbocycles. The molecule has 1 aliphatic carbocycles. The highest BCUT2D eigenvalue weighted by molar-refractivity contribution is 5.85. The van der Waals surface area contributed by atoms with E-state index in [0.29, 0.717) is 18.4 Å². The second-order valence-corrected chi connectivity index (χ2v) is 4.32. The molecular formula is C13H14F2O. The van der Waals surface area contributed by atoms with Crippen LogP contribution in [-0.2, 0) is 4.79 Å². The summed E-state index contributed by atoms with van der Waals surface area (Å²) in [6, 6.07) is 3.39. The van der Waals surface area contributed by atoms with Gasteiger partial charge in [-0.15, -0.1) is 0 Å². The van der Waals surface area contributed by atoms with Crippen molar-refractivity contribution in [3.05, 3.63) is 35.4 Å². The molecule has 0 spiro atoms. The van der Waals surface area contributed by atoms with Crippen molar-refractivity contribution < 1.29 is 13.6 Å². The Hall–Kier alpha value is -1.25. The molecule has 1 nitrogen and oxygen atoms in total. The molecule has 0 amide bonds. The molecule has 86 valence electrons. The van der Waals surface area contributed by atoms with Gasteiger partial charge >= 0.3 is 0 Å². The van der Waals surface area contributed by atoms with E-state index >= 15 is 0 Å². The zero-order valence-corrected chi connectivity index (χ0v) is 9.01. The van der Waals surface area contributed by atoms with E-state index in [-0.39, 0.29) is 11.7 Å². The van der Waals surface area contributed by atoms with Gasteiger partial charge in [-0.05, 0) is 30.5 Å². The van der Waals surface area contributed by atoms with E-state index in [0.717, 1.165) is 25.3 Å². The molecule has 2 rings (SSSR count). The highest BCUT2D eigenvalue weighted by Crippen LogP contribution is 2.29. The van der Waals surface area contributed by atoms with Gasteiger partial charge in [0.25, 0.3) is 0 Å². The number of rotatable bonds is 1. The van der Waals surface area contributed by atoms with Crippen LogP contribution in [0.4, 0.5) is 8.78 Å². The predicted octanol–water partition coefficient (Wildman–Crippen LogP) is 3.58. The average molecular weight is 224 g/mol. The number of hydrogen-bond donors (Lipinski definition) is 0. The van der Waals surface area contributed by atoms with E-state index in [2.05, 4.69) is 0 Å². The van der Waals surface area contributed by atoms with Gasteiger partial charge in [-0.2, -0.15) is 0 Å². The van der Waals surface area contributed by atoms with Gasteiger partial charge in [0, 0.05) is 18.4 Å². The molecule has 0 heterocycles. The lowest BCUT2D eigenvalue weighted by Crippen LogP contribution is -2.11. The number of ketones is 1. The van der Waals surface area contributed by atoms with Crippen molar-refractivity contribution in [1.29, 1.82) is 0 Å². The van der Waals surface area contributed by atoms with Crippen molar-refractivity contribution in [2.75, 3.05) is 0 Å². The Balaban J connectivity index is 2.30. The van der Waals surface area contributed by atoms with Crippen molar-refractivity contribution in [3.8, 4) is 0 Å². The monoisotopic (exact) mass is 224 g/mol. The Morgan fingerprint density at radius 1 is 1.00 bits per heavy atom. The number of carbonyl (C=O) groups is 1. The van der Waals surface area contributed by atoms with Crippen molar-refractivity contribution >= 4 is 5.78 Å². The third-order valence-electron chi connectivity index (χ3n) is 3.09. The van der Waals surface area contributed by atoms with Gasteiger partial charge in [-0.1, -0.05) is 12.8 Å². The third-order valence-corrected chi connectivity index (χ3v) is 3.09. The number of carbonyl (C=O) groups excluding carboxylic acids is 1. The quantitative estimate of drug-likeness (QED) is 0.666. The van der Waals surface area contributed by atoms with Crippen LogP contribution in [0.5, 0.6) is 0 Å². The van der Waals surface area contributed by atoms with Gasteiger partial charge in [0.2, 0.25) is 0 Å². The van der Waals surface area contributed by atoms with Crippen LogP contribution in [0.15, 0.2) is 18.2 Å². The van der Waals surface area contributed by atoms with Gasteiger partial charge in [0.15, 0.2) is 0 Å². The summed E-state index contributed by atoms with van der Waals surface area (Å²) in [7, 11) is 0. The number of hydrogen-bond acceptors (Lipinski definition) is 1. The molecule has 1 aromatic rings. The van der Waals surface area contributed by atoms with Crippen molar-refractivity contribution in [2.24, 2.45) is 0 Å². The summed E-state index contributed by atoms with van der Waals surface area (Å²) in [5, 5.41) is 0. The second-order valence-electron chi connectivity index (χ2n) is 4.32. The molecule has 1 unspecified atom stereocenters. The van der Waals surface area contributed by atoms with E-state index in [9.17, 15) is 13.6 Å². The highest BCUT2D eigenvalue weighted by atomic mass is 19.1. The fraction of sp³-hybridized carbons (Fsp3) is 0.462. The molecule has 0 aromatic heterocycles. The van der Waals surface area contributed by atoms with Gasteiger partial charge in [0.05, 0.1) is 0 Å². The molecule has 3 heteroatoms. The van der Waals surface area contributed by atoms with Crippen LogP contribution < -0.4 is 0 Å². The SMILES string of the molecule is O=C1CCCCCC1c1cc(F)cc(F)c1. The van der Waals surface area contributed by atoms with Crippen LogP contribution in [0.3, 0.4) is 0 Å². The lowest BCUT2D eigenvalue weighted by molar-refractivity contribution is -0.120. The van der Waals surface area contributed by atoms with Crippen LogP contribution >= 0.6 is 0 Å². The second kappa shape index (κ2) is 4.73. The minimum atomic E-state index is -0.605. The molecule has 1 aromatic carbocycles. The van der Waals surface area contributed by atoms with Crippen LogP contribution in [0.1, 0.15) is 43.6 Å². The lowest BCUT2D eigenvalue weighted by Gasteiger charge is -2.13. The van der Waals surface area contributed by atoms with Crippen LogP contribution in [0, 0.1) is 11.6 Å². The maximum atomic E-state index is 13.1. The van der Waals surface area contributed by atoms with Crippen molar-refractivity contribution in [1.82, 2.24) is 0 Å². The number of halogens is 2. The molecule has 1 aliphatic rings. The summed E-state index contributed by atoms with van der Waals surface area (Å²) in [5.74, 6) is -1.41. The highest BCUT2D eigenvalue weighted by Gasteiger charge is 2.23. The minimum absolute atomic E-state index is 0.113. The third kappa shape index (κ3) is 2.46. The summed E-state index contributed by atoms with van der Waals surface area (Å²) in [5.41, 5.74) is 0.490. The number of benzene rings is 1. The average Bonchev–Trinajstić information content (AvgIpc) is 2.41. The summed E-state index contributed by atoms with van der Waals surface area (Å²) in [6.07, 6.45) is 4.12. The fourth-order valence-electron chi connectivity index (χ4n) is 2.29. The largest absolute Gasteiger partial charge is 0.299 e. The predicted molar refractivity (Wildman–Crippen MR) is 57.2 cm³/mol. The molecule has 1 atom stereocenters. The van der Waals surface area contributed by atoms with E-state index in [1.807, 2.05) is 0 Å². The van der Waals surface area contributed by atoms with Crippen molar-refractivity contribution in [3.63, 3.8) is 0 Å². The van der Waals surface area contributed by atoms with E-state index in [1.54, 1.807) is 0 Å². The maximum Gasteiger partial charge on any atom is 0.140 e. The maximum absolute atomic E-state index is 13.1. The molecule has 1 fully saturated rings. The van der Waals surface area contributed by atoms with Crippen LogP contribution in [0.2, 0.25) is 0 Å². The van der Waals surface area contributed by atoms with E-state index in [1.165, 1.54) is 12.1 Å². The van der Waals surface area contributed by atoms with Gasteiger partial charge in [-0.3, -0.25) is 4.79 Å². The van der Waals surface area contributed by atoms with Gasteiger partial charge in [-0.25, -0.2) is 8.78 Å². The molecular weight excluding hydrogens is 210 g/mol. The Morgan fingerprint density at radius 3 is 2.38 bits per heavy atom. The topological polar surface area (TPSA) is 17.1 Å². The summed E-state index contributed by atoms with van der Waals surface area (Å²) < 4.78 is 26.1. The molecule has 0 aliphatic heterocycles. The van der Waals surface area contributed by atoms with Crippen LogP contribution in [-0.4, -0.2) is 5.78 Å². The van der Waals surface area contributed by atoms with Crippen LogP contribution in [0.25, 0.3) is 0 Å². The van der Waals surface area contributed by atoms with E-state index in [4.69, 9.17) is 0 Å². The normalized spacial score (nSPS) is 21.9. The molecule has 0 N–H and O–H groups in total. The summed E-state index contributed by atoms with van der Waals surface area (Å²) in [6.45, 7) is 0. The first-order valence-corrected chi connectivity index (χ1v) is 5.65. The standard InChI is InChI=1S/C13H14F2O/c14-10-6-9(7-11(15)8-10)12-4-2-1-3-5-13(12)16/h6-8,12H,1-5H2. The fourth-order valence-corrected chi connectivity index (χ4v) is 2.29. The molecule has 0 saturated heterocycles. The summed E-state index contributed by atoms with van der Waals surface area (Å²) in [4.78, 5) is 11.8. The summed E-state index contributed by atoms with van der Waals surface area (Å²) >= 11 is 0.